The van der Waals surface area contributed by atoms with Gasteiger partial charge in [-0.15, -0.1) is 12.4 Å². The summed E-state index contributed by atoms with van der Waals surface area (Å²) in [5.41, 5.74) is 6.32. The third-order valence-corrected chi connectivity index (χ3v) is 3.96. The van der Waals surface area contributed by atoms with Crippen LogP contribution in [0, 0.1) is 0 Å². The summed E-state index contributed by atoms with van der Waals surface area (Å²) in [6.45, 7) is 1.31. The Morgan fingerprint density at radius 3 is 2.89 bits per heavy atom. The van der Waals surface area contributed by atoms with E-state index in [9.17, 15) is 4.79 Å². The maximum atomic E-state index is 12.3. The minimum atomic E-state index is 0. The molecule has 0 spiro atoms. The molecule has 1 atom stereocenters. The molecule has 1 unspecified atom stereocenters. The molecule has 3 nitrogen and oxygen atoms in total. The first-order valence-corrected chi connectivity index (χ1v) is 6.76. The SMILES string of the molecule is Cl.NCC1CCCN1C(=O)c1ccc(Cl)cc1Br. The van der Waals surface area contributed by atoms with Crippen LogP contribution in [0.3, 0.4) is 0 Å². The lowest BCUT2D eigenvalue weighted by atomic mass is 10.1. The Kier molecular flexibility index (Phi) is 5.92. The quantitative estimate of drug-likeness (QED) is 0.887. The second-order valence-corrected chi connectivity index (χ2v) is 5.45. The number of nitrogens with two attached hydrogens (primary N) is 1. The normalized spacial score (nSPS) is 18.6. The standard InChI is InChI=1S/C12H14BrClN2O.ClH/c13-11-6-8(14)3-4-10(11)12(17)16-5-1-2-9(16)7-15;/h3-4,6,9H,1-2,5,7,15H2;1H. The summed E-state index contributed by atoms with van der Waals surface area (Å²) in [6, 6.07) is 5.39. The highest BCUT2D eigenvalue weighted by Crippen LogP contribution is 2.26. The van der Waals surface area contributed by atoms with Gasteiger partial charge in [-0.2, -0.15) is 0 Å². The van der Waals surface area contributed by atoms with E-state index in [1.165, 1.54) is 0 Å². The van der Waals surface area contributed by atoms with Crippen LogP contribution in [0.4, 0.5) is 0 Å². The summed E-state index contributed by atoms with van der Waals surface area (Å²) in [4.78, 5) is 14.2. The molecule has 1 amide bonds. The van der Waals surface area contributed by atoms with E-state index >= 15 is 0 Å². The Morgan fingerprint density at radius 1 is 1.56 bits per heavy atom. The van der Waals surface area contributed by atoms with E-state index in [2.05, 4.69) is 15.9 Å². The zero-order valence-corrected chi connectivity index (χ0v) is 12.9. The number of carbonyl (C=O) groups excluding carboxylic acids is 1. The van der Waals surface area contributed by atoms with E-state index in [1.54, 1.807) is 18.2 Å². The van der Waals surface area contributed by atoms with Crippen LogP contribution in [0.2, 0.25) is 5.02 Å². The van der Waals surface area contributed by atoms with E-state index in [-0.39, 0.29) is 24.4 Å². The van der Waals surface area contributed by atoms with Gasteiger partial charge < -0.3 is 10.6 Å². The van der Waals surface area contributed by atoms with Gasteiger partial charge in [0.15, 0.2) is 0 Å². The van der Waals surface area contributed by atoms with Crippen molar-refractivity contribution >= 4 is 45.8 Å². The molecule has 1 fully saturated rings. The van der Waals surface area contributed by atoms with Crippen LogP contribution in [-0.4, -0.2) is 29.9 Å². The van der Waals surface area contributed by atoms with Crippen molar-refractivity contribution in [2.45, 2.75) is 18.9 Å². The summed E-state index contributed by atoms with van der Waals surface area (Å²) in [5.74, 6) is 0.0292. The van der Waals surface area contributed by atoms with Crippen molar-refractivity contribution in [3.05, 3.63) is 33.3 Å². The molecule has 1 aliphatic rings. The van der Waals surface area contributed by atoms with Gasteiger partial charge in [0.1, 0.15) is 0 Å². The molecule has 1 heterocycles. The van der Waals surface area contributed by atoms with Gasteiger partial charge >= 0.3 is 0 Å². The van der Waals surface area contributed by atoms with Gasteiger partial charge in [0.05, 0.1) is 5.56 Å². The molecule has 0 bridgehead atoms. The van der Waals surface area contributed by atoms with Crippen molar-refractivity contribution in [2.75, 3.05) is 13.1 Å². The van der Waals surface area contributed by atoms with E-state index in [1.807, 2.05) is 4.90 Å². The average Bonchev–Trinajstić information content (AvgIpc) is 2.76. The van der Waals surface area contributed by atoms with Gasteiger partial charge in [0.25, 0.3) is 5.91 Å². The summed E-state index contributed by atoms with van der Waals surface area (Å²) < 4.78 is 0.734. The van der Waals surface area contributed by atoms with E-state index in [0.29, 0.717) is 17.1 Å². The van der Waals surface area contributed by atoms with E-state index in [4.69, 9.17) is 17.3 Å². The fourth-order valence-corrected chi connectivity index (χ4v) is 3.02. The fourth-order valence-electron chi connectivity index (χ4n) is 2.17. The van der Waals surface area contributed by atoms with E-state index in [0.717, 1.165) is 23.9 Å². The van der Waals surface area contributed by atoms with Crippen LogP contribution in [0.1, 0.15) is 23.2 Å². The molecule has 0 aliphatic carbocycles. The highest BCUT2D eigenvalue weighted by molar-refractivity contribution is 9.10. The highest BCUT2D eigenvalue weighted by atomic mass is 79.9. The van der Waals surface area contributed by atoms with E-state index < -0.39 is 0 Å². The molecule has 2 rings (SSSR count). The smallest absolute Gasteiger partial charge is 0.255 e. The van der Waals surface area contributed by atoms with Crippen molar-refractivity contribution in [1.82, 2.24) is 4.90 Å². The maximum absolute atomic E-state index is 12.3. The lowest BCUT2D eigenvalue weighted by molar-refractivity contribution is 0.0740. The summed E-state index contributed by atoms with van der Waals surface area (Å²) in [7, 11) is 0. The number of hydrogen-bond acceptors (Lipinski definition) is 2. The summed E-state index contributed by atoms with van der Waals surface area (Å²) in [5, 5.41) is 0.616. The zero-order valence-electron chi connectivity index (χ0n) is 9.73. The van der Waals surface area contributed by atoms with Crippen molar-refractivity contribution in [3.8, 4) is 0 Å². The largest absolute Gasteiger partial charge is 0.334 e. The fraction of sp³-hybridized carbons (Fsp3) is 0.417. The number of likely N-dealkylation sites (tertiary alicyclic amines) is 1. The number of nitrogens with zero attached hydrogens (tertiary/aromatic N) is 1. The lowest BCUT2D eigenvalue weighted by Crippen LogP contribution is -2.40. The highest BCUT2D eigenvalue weighted by Gasteiger charge is 2.29. The number of rotatable bonds is 2. The Labute approximate surface area is 126 Å². The van der Waals surface area contributed by atoms with Crippen molar-refractivity contribution < 1.29 is 4.79 Å². The molecule has 2 N–H and O–H groups in total. The number of halogens is 3. The first kappa shape index (κ1) is 15.8. The van der Waals surface area contributed by atoms with Crippen LogP contribution in [-0.2, 0) is 0 Å². The van der Waals surface area contributed by atoms with Crippen molar-refractivity contribution in [2.24, 2.45) is 5.73 Å². The molecule has 18 heavy (non-hydrogen) atoms. The monoisotopic (exact) mass is 352 g/mol. The van der Waals surface area contributed by atoms with Gasteiger partial charge in [0.2, 0.25) is 0 Å². The minimum Gasteiger partial charge on any atom is -0.334 e. The Bertz CT molecular complexity index is 442. The van der Waals surface area contributed by atoms with Gasteiger partial charge in [-0.3, -0.25) is 4.79 Å². The zero-order chi connectivity index (χ0) is 12.4. The topological polar surface area (TPSA) is 46.3 Å². The number of hydrogen-bond donors (Lipinski definition) is 1. The Morgan fingerprint density at radius 2 is 2.28 bits per heavy atom. The van der Waals surface area contributed by atoms with Crippen LogP contribution >= 0.6 is 39.9 Å². The van der Waals surface area contributed by atoms with Crippen LogP contribution in [0.25, 0.3) is 0 Å². The Hall–Kier alpha value is -0.290. The molecule has 0 aromatic heterocycles. The van der Waals surface area contributed by atoms with Gasteiger partial charge in [-0.25, -0.2) is 0 Å². The molecule has 100 valence electrons. The third kappa shape index (κ3) is 3.18. The van der Waals surface area contributed by atoms with Gasteiger partial charge in [0, 0.05) is 28.6 Å². The molecule has 0 radical (unpaired) electrons. The number of amides is 1. The Balaban J connectivity index is 0.00000162. The third-order valence-electron chi connectivity index (χ3n) is 3.07. The predicted molar refractivity (Wildman–Crippen MR) is 79.5 cm³/mol. The maximum Gasteiger partial charge on any atom is 0.255 e. The van der Waals surface area contributed by atoms with Crippen LogP contribution in [0.15, 0.2) is 22.7 Å². The van der Waals surface area contributed by atoms with Gasteiger partial charge in [-0.1, -0.05) is 11.6 Å². The first-order chi connectivity index (χ1) is 8.13. The van der Waals surface area contributed by atoms with Gasteiger partial charge in [-0.05, 0) is 47.0 Å². The molecule has 1 aromatic rings. The molecular formula is C12H15BrCl2N2O. The number of benzene rings is 1. The minimum absolute atomic E-state index is 0. The van der Waals surface area contributed by atoms with Crippen molar-refractivity contribution in [3.63, 3.8) is 0 Å². The molecule has 6 heteroatoms. The molecular weight excluding hydrogens is 339 g/mol. The molecule has 1 aliphatic heterocycles. The second-order valence-electron chi connectivity index (χ2n) is 4.15. The molecule has 1 saturated heterocycles. The predicted octanol–water partition coefficient (Wildman–Crippen LogP) is 3.09. The van der Waals surface area contributed by atoms with Crippen LogP contribution in [0.5, 0.6) is 0 Å². The second kappa shape index (κ2) is 6.75. The van der Waals surface area contributed by atoms with Crippen molar-refractivity contribution in [1.29, 1.82) is 0 Å². The summed E-state index contributed by atoms with van der Waals surface area (Å²) in [6.07, 6.45) is 2.02. The average molecular weight is 354 g/mol. The molecule has 1 aromatic carbocycles. The molecule has 0 saturated carbocycles. The lowest BCUT2D eigenvalue weighted by Gasteiger charge is -2.24. The summed E-state index contributed by atoms with van der Waals surface area (Å²) >= 11 is 9.24. The van der Waals surface area contributed by atoms with Crippen LogP contribution < -0.4 is 5.73 Å². The first-order valence-electron chi connectivity index (χ1n) is 5.59. The number of carbonyl (C=O) groups is 1.